The summed E-state index contributed by atoms with van der Waals surface area (Å²) < 4.78 is 6.52. The molecule has 2 aromatic rings. The molecular formula is C11H11ClN2O2. The maximum Gasteiger partial charge on any atom is 0.357 e. The highest BCUT2D eigenvalue weighted by Crippen LogP contribution is 2.19. The van der Waals surface area contributed by atoms with E-state index in [2.05, 4.69) is 4.98 Å². The van der Waals surface area contributed by atoms with E-state index < -0.39 is 5.97 Å². The van der Waals surface area contributed by atoms with E-state index in [1.54, 1.807) is 17.4 Å². The van der Waals surface area contributed by atoms with Crippen molar-refractivity contribution in [2.75, 3.05) is 6.61 Å². The van der Waals surface area contributed by atoms with Gasteiger partial charge in [0.15, 0.2) is 5.69 Å². The molecule has 0 saturated heterocycles. The van der Waals surface area contributed by atoms with Crippen LogP contribution >= 0.6 is 11.6 Å². The number of esters is 1. The average molecular weight is 239 g/mol. The minimum absolute atomic E-state index is 0.329. The molecule has 0 aliphatic heterocycles. The number of imidazole rings is 1. The number of ether oxygens (including phenoxy) is 1. The molecule has 16 heavy (non-hydrogen) atoms. The fourth-order valence-electron chi connectivity index (χ4n) is 1.54. The number of nitrogens with zero attached hydrogens (tertiary/aromatic N) is 2. The van der Waals surface area contributed by atoms with Crippen LogP contribution in [0.25, 0.3) is 5.65 Å². The predicted molar refractivity (Wildman–Crippen MR) is 60.9 cm³/mol. The van der Waals surface area contributed by atoms with E-state index in [1.807, 2.05) is 13.0 Å². The molecule has 0 unspecified atom stereocenters. The van der Waals surface area contributed by atoms with Crippen molar-refractivity contribution < 1.29 is 9.53 Å². The van der Waals surface area contributed by atoms with E-state index >= 15 is 0 Å². The number of pyridine rings is 1. The molecule has 0 aromatic carbocycles. The Kier molecular flexibility index (Phi) is 2.83. The van der Waals surface area contributed by atoms with Gasteiger partial charge < -0.3 is 4.74 Å². The van der Waals surface area contributed by atoms with Crippen molar-refractivity contribution in [2.24, 2.45) is 0 Å². The molecule has 0 aliphatic rings. The summed E-state index contributed by atoms with van der Waals surface area (Å²) in [7, 11) is 0. The average Bonchev–Trinajstić information content (AvgIpc) is 2.69. The molecular weight excluding hydrogens is 228 g/mol. The van der Waals surface area contributed by atoms with Crippen LogP contribution in [0.3, 0.4) is 0 Å². The van der Waals surface area contributed by atoms with Crippen LogP contribution in [-0.4, -0.2) is 22.0 Å². The monoisotopic (exact) mass is 238 g/mol. The Balaban J connectivity index is 2.64. The Hall–Kier alpha value is -1.55. The van der Waals surface area contributed by atoms with Crippen LogP contribution in [0.4, 0.5) is 0 Å². The van der Waals surface area contributed by atoms with Gasteiger partial charge in [-0.15, -0.1) is 0 Å². The lowest BCUT2D eigenvalue weighted by Crippen LogP contribution is -2.08. The van der Waals surface area contributed by atoms with Gasteiger partial charge in [-0.3, -0.25) is 4.40 Å². The van der Waals surface area contributed by atoms with Crippen LogP contribution in [0.15, 0.2) is 18.3 Å². The summed E-state index contributed by atoms with van der Waals surface area (Å²) in [6, 6.07) is 3.59. The zero-order valence-corrected chi connectivity index (χ0v) is 9.78. The second-order valence-corrected chi connectivity index (χ2v) is 3.75. The van der Waals surface area contributed by atoms with Crippen LogP contribution < -0.4 is 0 Å². The largest absolute Gasteiger partial charge is 0.461 e. The second-order valence-electron chi connectivity index (χ2n) is 3.36. The molecule has 2 heterocycles. The molecule has 0 saturated carbocycles. The van der Waals surface area contributed by atoms with Crippen LogP contribution in [0, 0.1) is 6.92 Å². The number of carbonyl (C=O) groups is 1. The second kappa shape index (κ2) is 4.14. The lowest BCUT2D eigenvalue weighted by molar-refractivity contribution is 0.0518. The van der Waals surface area contributed by atoms with E-state index in [1.165, 1.54) is 6.20 Å². The molecule has 84 valence electrons. The fraction of sp³-hybridized carbons (Fsp3) is 0.273. The quantitative estimate of drug-likeness (QED) is 0.596. The van der Waals surface area contributed by atoms with Gasteiger partial charge in [0, 0.05) is 0 Å². The molecule has 0 amide bonds. The van der Waals surface area contributed by atoms with Crippen LogP contribution in [0.2, 0.25) is 5.15 Å². The lowest BCUT2D eigenvalue weighted by Gasteiger charge is -2.04. The SMILES string of the molecule is CCOC(=O)c1cnc2c(C)ccc(Cl)n12. The third kappa shape index (κ3) is 1.65. The maximum atomic E-state index is 11.6. The van der Waals surface area contributed by atoms with Crippen molar-refractivity contribution in [2.45, 2.75) is 13.8 Å². The zero-order chi connectivity index (χ0) is 11.7. The summed E-state index contributed by atoms with van der Waals surface area (Å²) in [4.78, 5) is 15.8. The van der Waals surface area contributed by atoms with Crippen LogP contribution in [-0.2, 0) is 4.74 Å². The Bertz CT molecular complexity index is 548. The summed E-state index contributed by atoms with van der Waals surface area (Å²) in [6.07, 6.45) is 1.48. The van der Waals surface area contributed by atoms with Gasteiger partial charge in [-0.25, -0.2) is 9.78 Å². The summed E-state index contributed by atoms with van der Waals surface area (Å²) in [6.45, 7) is 4.00. The topological polar surface area (TPSA) is 43.6 Å². The van der Waals surface area contributed by atoms with Crippen LogP contribution in [0.1, 0.15) is 23.0 Å². The van der Waals surface area contributed by atoms with Gasteiger partial charge in [-0.2, -0.15) is 0 Å². The van der Waals surface area contributed by atoms with E-state index in [4.69, 9.17) is 16.3 Å². The molecule has 0 atom stereocenters. The molecule has 2 rings (SSSR count). The summed E-state index contributed by atoms with van der Waals surface area (Å²) >= 11 is 6.03. The first-order valence-corrected chi connectivity index (χ1v) is 5.32. The maximum absolute atomic E-state index is 11.6. The highest BCUT2D eigenvalue weighted by atomic mass is 35.5. The van der Waals surface area contributed by atoms with Gasteiger partial charge in [0.1, 0.15) is 10.8 Å². The Labute approximate surface area is 97.8 Å². The predicted octanol–water partition coefficient (Wildman–Crippen LogP) is 2.47. The molecule has 0 bridgehead atoms. The van der Waals surface area contributed by atoms with Gasteiger partial charge in [-0.1, -0.05) is 17.7 Å². The van der Waals surface area contributed by atoms with Crippen molar-refractivity contribution in [1.29, 1.82) is 0 Å². The number of aromatic nitrogens is 2. The normalized spacial score (nSPS) is 10.7. The van der Waals surface area contributed by atoms with Crippen molar-refractivity contribution in [3.05, 3.63) is 34.7 Å². The zero-order valence-electron chi connectivity index (χ0n) is 9.03. The third-order valence-electron chi connectivity index (χ3n) is 2.28. The minimum Gasteiger partial charge on any atom is -0.461 e. The third-order valence-corrected chi connectivity index (χ3v) is 2.58. The van der Waals surface area contributed by atoms with Gasteiger partial charge in [0.05, 0.1) is 12.8 Å². The van der Waals surface area contributed by atoms with E-state index in [0.717, 1.165) is 5.56 Å². The van der Waals surface area contributed by atoms with Crippen molar-refractivity contribution >= 4 is 23.2 Å². The molecule has 0 radical (unpaired) electrons. The molecule has 4 nitrogen and oxygen atoms in total. The standard InChI is InChI=1S/C11H11ClN2O2/c1-3-16-11(15)8-6-13-10-7(2)4-5-9(12)14(8)10/h4-6H,3H2,1-2H3. The van der Waals surface area contributed by atoms with Crippen LogP contribution in [0.5, 0.6) is 0 Å². The molecule has 0 N–H and O–H groups in total. The number of aryl methyl sites for hydroxylation is 1. The number of fused-ring (bicyclic) bond motifs is 1. The molecule has 2 aromatic heterocycles. The number of hydrogen-bond acceptors (Lipinski definition) is 3. The Morgan fingerprint density at radius 2 is 2.31 bits per heavy atom. The first kappa shape index (κ1) is 11.0. The number of rotatable bonds is 2. The summed E-state index contributed by atoms with van der Waals surface area (Å²) in [5.74, 6) is -0.414. The Morgan fingerprint density at radius 3 is 3.00 bits per heavy atom. The first-order chi connectivity index (χ1) is 7.65. The van der Waals surface area contributed by atoms with Gasteiger partial charge >= 0.3 is 5.97 Å². The number of hydrogen-bond donors (Lipinski definition) is 0. The Morgan fingerprint density at radius 1 is 1.56 bits per heavy atom. The highest BCUT2D eigenvalue weighted by molar-refractivity contribution is 6.30. The summed E-state index contributed by atoms with van der Waals surface area (Å²) in [5, 5.41) is 0.446. The van der Waals surface area contributed by atoms with Gasteiger partial charge in [0.25, 0.3) is 0 Å². The van der Waals surface area contributed by atoms with Crippen molar-refractivity contribution in [1.82, 2.24) is 9.38 Å². The summed E-state index contributed by atoms with van der Waals surface area (Å²) in [5.41, 5.74) is 1.99. The van der Waals surface area contributed by atoms with E-state index in [-0.39, 0.29) is 0 Å². The van der Waals surface area contributed by atoms with Crippen molar-refractivity contribution in [3.8, 4) is 0 Å². The molecule has 0 fully saturated rings. The fourth-order valence-corrected chi connectivity index (χ4v) is 1.77. The van der Waals surface area contributed by atoms with E-state index in [0.29, 0.717) is 23.1 Å². The first-order valence-electron chi connectivity index (χ1n) is 4.94. The van der Waals surface area contributed by atoms with Gasteiger partial charge in [-0.05, 0) is 25.5 Å². The number of halogens is 1. The number of carbonyl (C=O) groups excluding carboxylic acids is 1. The minimum atomic E-state index is -0.414. The smallest absolute Gasteiger partial charge is 0.357 e. The molecule has 0 spiro atoms. The lowest BCUT2D eigenvalue weighted by atomic mass is 10.3. The molecule has 5 heteroatoms. The highest BCUT2D eigenvalue weighted by Gasteiger charge is 2.15. The van der Waals surface area contributed by atoms with Gasteiger partial charge in [0.2, 0.25) is 0 Å². The molecule has 0 aliphatic carbocycles. The van der Waals surface area contributed by atoms with Crippen molar-refractivity contribution in [3.63, 3.8) is 0 Å². The van der Waals surface area contributed by atoms with E-state index in [9.17, 15) is 4.79 Å².